The highest BCUT2D eigenvalue weighted by Crippen LogP contribution is 2.10. The number of hydrogen-bond acceptors (Lipinski definition) is 1. The van der Waals surface area contributed by atoms with Crippen LogP contribution in [0.2, 0.25) is 0 Å². The van der Waals surface area contributed by atoms with E-state index in [0.717, 1.165) is 32.4 Å². The first kappa shape index (κ1) is 18.0. The van der Waals surface area contributed by atoms with Gasteiger partial charge in [0.1, 0.15) is 0 Å². The van der Waals surface area contributed by atoms with Crippen LogP contribution in [0.1, 0.15) is 77.6 Å². The molecule has 0 N–H and O–H groups in total. The number of unbranched alkanes of at least 4 members (excludes halogenated alkanes) is 7. The van der Waals surface area contributed by atoms with E-state index in [2.05, 4.69) is 13.0 Å². The second-order valence-corrected chi connectivity index (χ2v) is 6.08. The standard InChI is InChI=1S/C19H33NO/c1-2-3-4-5-6-7-8-9-10-11-13-16-19(21)20-17-14-12-15-18-20/h10-11,13,16H,2-9,12,14-15,17-18H2,1H3/b11-10-,16-13+. The van der Waals surface area contributed by atoms with Gasteiger partial charge in [0.25, 0.3) is 0 Å². The van der Waals surface area contributed by atoms with Crippen LogP contribution < -0.4 is 0 Å². The number of allylic oxidation sites excluding steroid dienone is 3. The summed E-state index contributed by atoms with van der Waals surface area (Å²) in [6.45, 7) is 4.13. The zero-order valence-electron chi connectivity index (χ0n) is 13.9. The molecule has 0 aromatic heterocycles. The molecule has 1 aliphatic heterocycles. The zero-order chi connectivity index (χ0) is 15.2. The van der Waals surface area contributed by atoms with Crippen LogP contribution in [-0.2, 0) is 4.79 Å². The van der Waals surface area contributed by atoms with E-state index in [4.69, 9.17) is 0 Å². The normalized spacial score (nSPS) is 16.1. The van der Waals surface area contributed by atoms with E-state index in [1.165, 1.54) is 51.4 Å². The number of nitrogens with zero attached hydrogens (tertiary/aromatic N) is 1. The van der Waals surface area contributed by atoms with Crippen molar-refractivity contribution in [1.82, 2.24) is 4.90 Å². The smallest absolute Gasteiger partial charge is 0.246 e. The third-order valence-corrected chi connectivity index (χ3v) is 4.13. The van der Waals surface area contributed by atoms with Gasteiger partial charge in [0.05, 0.1) is 0 Å². The topological polar surface area (TPSA) is 20.3 Å². The molecule has 1 rings (SSSR count). The maximum atomic E-state index is 11.9. The molecule has 0 unspecified atom stereocenters. The molecular weight excluding hydrogens is 258 g/mol. The fourth-order valence-corrected chi connectivity index (χ4v) is 2.75. The van der Waals surface area contributed by atoms with Crippen LogP contribution in [0.3, 0.4) is 0 Å². The van der Waals surface area contributed by atoms with Gasteiger partial charge in [0.2, 0.25) is 5.91 Å². The van der Waals surface area contributed by atoms with E-state index in [1.54, 1.807) is 6.08 Å². The van der Waals surface area contributed by atoms with Gasteiger partial charge in [-0.3, -0.25) is 4.79 Å². The largest absolute Gasteiger partial charge is 0.339 e. The second kappa shape index (κ2) is 12.7. The summed E-state index contributed by atoms with van der Waals surface area (Å²) < 4.78 is 0. The fourth-order valence-electron chi connectivity index (χ4n) is 2.75. The Hall–Kier alpha value is -1.05. The van der Waals surface area contributed by atoms with Crippen LogP contribution in [-0.4, -0.2) is 23.9 Å². The molecule has 1 heterocycles. The van der Waals surface area contributed by atoms with E-state index in [9.17, 15) is 4.79 Å². The van der Waals surface area contributed by atoms with Gasteiger partial charge in [-0.05, 0) is 32.1 Å². The Morgan fingerprint density at radius 2 is 1.57 bits per heavy atom. The first-order valence-electron chi connectivity index (χ1n) is 8.96. The summed E-state index contributed by atoms with van der Waals surface area (Å²) in [5.41, 5.74) is 0. The van der Waals surface area contributed by atoms with E-state index in [0.29, 0.717) is 0 Å². The molecule has 1 fully saturated rings. The summed E-state index contributed by atoms with van der Waals surface area (Å²) in [4.78, 5) is 13.8. The molecule has 0 saturated carbocycles. The lowest BCUT2D eigenvalue weighted by Gasteiger charge is -2.25. The summed E-state index contributed by atoms with van der Waals surface area (Å²) in [5, 5.41) is 0. The quantitative estimate of drug-likeness (QED) is 0.306. The van der Waals surface area contributed by atoms with Gasteiger partial charge >= 0.3 is 0 Å². The fraction of sp³-hybridized carbons (Fsp3) is 0.737. The SMILES string of the molecule is CCCCCCCCC/C=C\C=C\C(=O)N1CCCCC1. The van der Waals surface area contributed by atoms with Crippen LogP contribution in [0.25, 0.3) is 0 Å². The van der Waals surface area contributed by atoms with Crippen molar-refractivity contribution >= 4 is 5.91 Å². The predicted octanol–water partition coefficient (Wildman–Crippen LogP) is 5.25. The molecular formula is C19H33NO. The van der Waals surface area contributed by atoms with E-state index >= 15 is 0 Å². The molecule has 1 saturated heterocycles. The van der Waals surface area contributed by atoms with Gasteiger partial charge in [-0.25, -0.2) is 0 Å². The lowest BCUT2D eigenvalue weighted by atomic mass is 10.1. The molecule has 120 valence electrons. The van der Waals surface area contributed by atoms with Crippen LogP contribution in [0.5, 0.6) is 0 Å². The van der Waals surface area contributed by atoms with E-state index < -0.39 is 0 Å². The van der Waals surface area contributed by atoms with E-state index in [1.807, 2.05) is 17.1 Å². The third kappa shape index (κ3) is 9.49. The molecule has 0 aromatic rings. The predicted molar refractivity (Wildman–Crippen MR) is 91.3 cm³/mol. The number of hydrogen-bond donors (Lipinski definition) is 0. The van der Waals surface area contributed by atoms with Crippen LogP contribution >= 0.6 is 0 Å². The van der Waals surface area contributed by atoms with Crippen molar-refractivity contribution in [3.8, 4) is 0 Å². The van der Waals surface area contributed by atoms with Crippen LogP contribution in [0, 0.1) is 0 Å². The van der Waals surface area contributed by atoms with Gasteiger partial charge in [0, 0.05) is 19.2 Å². The Bertz CT molecular complexity index is 314. The van der Waals surface area contributed by atoms with Gasteiger partial charge < -0.3 is 4.90 Å². The monoisotopic (exact) mass is 291 g/mol. The van der Waals surface area contributed by atoms with Gasteiger partial charge in [-0.2, -0.15) is 0 Å². The Morgan fingerprint density at radius 1 is 0.905 bits per heavy atom. The molecule has 0 aliphatic carbocycles. The molecule has 0 aromatic carbocycles. The lowest BCUT2D eigenvalue weighted by molar-refractivity contribution is -0.126. The summed E-state index contributed by atoms with van der Waals surface area (Å²) in [6.07, 6.45) is 22.0. The molecule has 1 aliphatic rings. The van der Waals surface area contributed by atoms with Crippen molar-refractivity contribution in [3.05, 3.63) is 24.3 Å². The number of likely N-dealkylation sites (tertiary alicyclic amines) is 1. The van der Waals surface area contributed by atoms with Crippen LogP contribution in [0.15, 0.2) is 24.3 Å². The molecule has 0 bridgehead atoms. The van der Waals surface area contributed by atoms with Crippen LogP contribution in [0.4, 0.5) is 0 Å². The van der Waals surface area contributed by atoms with Gasteiger partial charge in [-0.1, -0.05) is 63.7 Å². The third-order valence-electron chi connectivity index (χ3n) is 4.13. The molecule has 0 radical (unpaired) electrons. The molecule has 2 nitrogen and oxygen atoms in total. The summed E-state index contributed by atoms with van der Waals surface area (Å²) in [6, 6.07) is 0. The number of piperidine rings is 1. The summed E-state index contributed by atoms with van der Waals surface area (Å²) >= 11 is 0. The van der Waals surface area contributed by atoms with E-state index in [-0.39, 0.29) is 5.91 Å². The Balaban J connectivity index is 1.98. The Labute approximate surface area is 131 Å². The Morgan fingerprint density at radius 3 is 2.29 bits per heavy atom. The number of carbonyl (C=O) groups excluding carboxylic acids is 1. The average molecular weight is 291 g/mol. The minimum atomic E-state index is 0.176. The minimum absolute atomic E-state index is 0.176. The minimum Gasteiger partial charge on any atom is -0.339 e. The molecule has 1 amide bonds. The molecule has 0 spiro atoms. The molecule has 2 heteroatoms. The highest BCUT2D eigenvalue weighted by Gasteiger charge is 2.12. The Kier molecular flexibility index (Phi) is 10.9. The zero-order valence-corrected chi connectivity index (χ0v) is 13.9. The van der Waals surface area contributed by atoms with Crippen molar-refractivity contribution in [1.29, 1.82) is 0 Å². The maximum absolute atomic E-state index is 11.9. The second-order valence-electron chi connectivity index (χ2n) is 6.08. The molecule has 21 heavy (non-hydrogen) atoms. The number of rotatable bonds is 10. The number of carbonyl (C=O) groups is 1. The van der Waals surface area contributed by atoms with Crippen molar-refractivity contribution in [3.63, 3.8) is 0 Å². The summed E-state index contributed by atoms with van der Waals surface area (Å²) in [7, 11) is 0. The van der Waals surface area contributed by atoms with Crippen molar-refractivity contribution in [2.45, 2.75) is 77.6 Å². The highest BCUT2D eigenvalue weighted by molar-refractivity contribution is 5.87. The van der Waals surface area contributed by atoms with Gasteiger partial charge in [-0.15, -0.1) is 0 Å². The van der Waals surface area contributed by atoms with Crippen molar-refractivity contribution in [2.75, 3.05) is 13.1 Å². The van der Waals surface area contributed by atoms with Crippen molar-refractivity contribution in [2.24, 2.45) is 0 Å². The highest BCUT2D eigenvalue weighted by atomic mass is 16.2. The van der Waals surface area contributed by atoms with Gasteiger partial charge in [0.15, 0.2) is 0 Å². The lowest BCUT2D eigenvalue weighted by Crippen LogP contribution is -2.34. The average Bonchev–Trinajstić information content (AvgIpc) is 2.53. The summed E-state index contributed by atoms with van der Waals surface area (Å²) in [5.74, 6) is 0.176. The number of amides is 1. The molecule has 0 atom stereocenters. The first-order valence-corrected chi connectivity index (χ1v) is 8.96. The maximum Gasteiger partial charge on any atom is 0.246 e. The van der Waals surface area contributed by atoms with Crippen molar-refractivity contribution < 1.29 is 4.79 Å². The first-order chi connectivity index (χ1) is 10.3.